The third kappa shape index (κ3) is 5.80. The zero-order chi connectivity index (χ0) is 28.8. The number of nitrogens with zero attached hydrogens (tertiary/aromatic N) is 2. The molecular weight excluding hydrogens is 575 g/mol. The molecule has 8 nitrogen and oxygen atoms in total. The maximum absolute atomic E-state index is 13.2. The molecule has 5 aliphatic rings. The van der Waals surface area contributed by atoms with Gasteiger partial charge in [0.05, 0.1) is 31.7 Å². The van der Waals surface area contributed by atoms with Crippen LogP contribution in [0.2, 0.25) is 10.3 Å². The Morgan fingerprint density at radius 3 is 2.33 bits per heavy atom. The molecule has 4 aliphatic carbocycles. The van der Waals surface area contributed by atoms with Gasteiger partial charge in [0.1, 0.15) is 5.15 Å². The Labute approximate surface area is 255 Å². The third-order valence-electron chi connectivity index (χ3n) is 9.58. The van der Waals surface area contributed by atoms with Gasteiger partial charge in [-0.15, -0.1) is 0 Å². The monoisotopic (exact) mass is 610 g/mol. The molecule has 5 fully saturated rings. The van der Waals surface area contributed by atoms with E-state index in [-0.39, 0.29) is 35.5 Å². The van der Waals surface area contributed by atoms with Crippen molar-refractivity contribution in [3.05, 3.63) is 81.9 Å². The van der Waals surface area contributed by atoms with Crippen molar-refractivity contribution in [2.24, 2.45) is 17.8 Å². The zero-order valence-corrected chi connectivity index (χ0v) is 24.9. The van der Waals surface area contributed by atoms with Gasteiger partial charge in [-0.1, -0.05) is 59.6 Å². The number of carbonyl (C=O) groups excluding carboxylic acids is 1. The Morgan fingerprint density at radius 1 is 0.976 bits per heavy atom. The summed E-state index contributed by atoms with van der Waals surface area (Å²) in [6, 6.07) is 15.3. The summed E-state index contributed by atoms with van der Waals surface area (Å²) < 4.78 is 14.7. The lowest BCUT2D eigenvalue weighted by molar-refractivity contribution is -0.252. The van der Waals surface area contributed by atoms with Crippen molar-refractivity contribution >= 4 is 34.9 Å². The molecule has 2 amide bonds. The summed E-state index contributed by atoms with van der Waals surface area (Å²) >= 11 is 12.5. The molecule has 0 unspecified atom stereocenters. The highest BCUT2D eigenvalue weighted by Crippen LogP contribution is 2.55. The van der Waals surface area contributed by atoms with Crippen LogP contribution in [-0.2, 0) is 22.6 Å². The summed E-state index contributed by atoms with van der Waals surface area (Å²) in [7, 11) is 0. The molecule has 4 saturated carbocycles. The summed E-state index contributed by atoms with van der Waals surface area (Å²) in [6.07, 6.45) is 8.33. The minimum atomic E-state index is -0.669. The van der Waals surface area contributed by atoms with E-state index in [9.17, 15) is 9.90 Å². The number of imidazole rings is 1. The van der Waals surface area contributed by atoms with E-state index in [1.807, 2.05) is 48.5 Å². The van der Waals surface area contributed by atoms with Gasteiger partial charge in [-0.05, 0) is 79.5 Å². The summed E-state index contributed by atoms with van der Waals surface area (Å²) in [5.41, 5.74) is 3.26. The number of ether oxygens (including phenoxy) is 2. The van der Waals surface area contributed by atoms with Crippen LogP contribution in [0, 0.1) is 17.8 Å². The van der Waals surface area contributed by atoms with Crippen LogP contribution >= 0.6 is 23.2 Å². The molecule has 42 heavy (non-hydrogen) atoms. The number of carbonyl (C=O) groups is 1. The van der Waals surface area contributed by atoms with E-state index in [1.54, 1.807) is 10.9 Å². The summed E-state index contributed by atoms with van der Waals surface area (Å²) in [5, 5.41) is 16.6. The standard InChI is InChI=1S/C32H36Cl2N4O4/c33-28-29(34)38(18-35-28)16-26-12-27(23-6-4-19(17-39)5-7-23)42-30(41-26)24-2-1-3-25(11-24)36-31(40)37-32-13-20-8-21(14-32)10-22(9-20)15-32/h1-7,11,18,20-22,26-27,30,39H,8-10,12-17H2,(H2,36,37,40)/t20?,21?,22?,26-,27+,30+,32?/m1/s1. The summed E-state index contributed by atoms with van der Waals surface area (Å²) in [4.78, 5) is 17.3. The molecule has 0 spiro atoms. The van der Waals surface area contributed by atoms with Gasteiger partial charge in [-0.3, -0.25) is 0 Å². The summed E-state index contributed by atoms with van der Waals surface area (Å²) in [5.74, 6) is 2.28. The first-order valence-electron chi connectivity index (χ1n) is 14.9. The van der Waals surface area contributed by atoms with Crippen LogP contribution in [0.5, 0.6) is 0 Å². The lowest BCUT2D eigenvalue weighted by Crippen LogP contribution is -2.60. The molecule has 4 bridgehead atoms. The number of nitrogens with one attached hydrogen (secondary N) is 2. The van der Waals surface area contributed by atoms with Gasteiger partial charge in [-0.25, -0.2) is 9.78 Å². The number of benzene rings is 2. The number of anilines is 1. The van der Waals surface area contributed by atoms with Gasteiger partial charge < -0.3 is 29.8 Å². The van der Waals surface area contributed by atoms with Crippen LogP contribution in [0.1, 0.15) is 74.0 Å². The minimum absolute atomic E-state index is 0.0176. The molecule has 222 valence electrons. The summed E-state index contributed by atoms with van der Waals surface area (Å²) in [6.45, 7) is 0.436. The largest absolute Gasteiger partial charge is 0.392 e. The Hall–Kier alpha value is -2.62. The topological polar surface area (TPSA) is 97.6 Å². The van der Waals surface area contributed by atoms with Gasteiger partial charge in [0.25, 0.3) is 0 Å². The van der Waals surface area contributed by atoms with Gasteiger partial charge in [0.15, 0.2) is 11.4 Å². The van der Waals surface area contributed by atoms with Crippen molar-refractivity contribution in [2.45, 2.75) is 82.1 Å². The maximum Gasteiger partial charge on any atom is 0.319 e. The average molecular weight is 612 g/mol. The van der Waals surface area contributed by atoms with Crippen LogP contribution in [0.25, 0.3) is 0 Å². The number of hydrogen-bond acceptors (Lipinski definition) is 5. The Morgan fingerprint density at radius 2 is 1.69 bits per heavy atom. The van der Waals surface area contributed by atoms with Crippen molar-refractivity contribution in [1.29, 1.82) is 0 Å². The molecule has 3 N–H and O–H groups in total. The Bertz CT molecular complexity index is 1410. The molecule has 2 heterocycles. The van der Waals surface area contributed by atoms with E-state index < -0.39 is 6.29 Å². The smallest absolute Gasteiger partial charge is 0.319 e. The quantitative estimate of drug-likeness (QED) is 0.267. The highest BCUT2D eigenvalue weighted by molar-refractivity contribution is 6.40. The van der Waals surface area contributed by atoms with Crippen molar-refractivity contribution < 1.29 is 19.4 Å². The molecular formula is C32H36Cl2N4O4. The van der Waals surface area contributed by atoms with Crippen LogP contribution in [0.3, 0.4) is 0 Å². The second-order valence-corrected chi connectivity index (χ2v) is 13.4. The number of aromatic nitrogens is 2. The van der Waals surface area contributed by atoms with E-state index in [4.69, 9.17) is 32.7 Å². The number of halogens is 2. The van der Waals surface area contributed by atoms with E-state index in [0.29, 0.717) is 23.8 Å². The number of aliphatic hydroxyl groups excluding tert-OH is 1. The van der Waals surface area contributed by atoms with Gasteiger partial charge in [-0.2, -0.15) is 0 Å². The molecule has 8 rings (SSSR count). The van der Waals surface area contributed by atoms with Crippen molar-refractivity contribution in [2.75, 3.05) is 5.32 Å². The van der Waals surface area contributed by atoms with Crippen molar-refractivity contribution in [3.8, 4) is 0 Å². The SMILES string of the molecule is O=C(Nc1cccc([C@H]2O[C@@H](Cn3cnc(Cl)c3Cl)C[C@@H](c3ccc(CO)cc3)O2)c1)NC12CC3CC(CC(C3)C1)C2. The average Bonchev–Trinajstić information content (AvgIpc) is 3.28. The number of aliphatic hydroxyl groups is 1. The third-order valence-corrected chi connectivity index (χ3v) is 10.4. The molecule has 3 atom stereocenters. The highest BCUT2D eigenvalue weighted by atomic mass is 35.5. The fraction of sp³-hybridized carbons (Fsp3) is 0.500. The minimum Gasteiger partial charge on any atom is -0.392 e. The fourth-order valence-corrected chi connectivity index (χ4v) is 8.47. The van der Waals surface area contributed by atoms with Crippen LogP contribution < -0.4 is 10.6 Å². The lowest BCUT2D eigenvalue weighted by atomic mass is 9.53. The van der Waals surface area contributed by atoms with E-state index in [0.717, 1.165) is 53.7 Å². The first kappa shape index (κ1) is 28.2. The molecule has 2 aromatic carbocycles. The van der Waals surface area contributed by atoms with Gasteiger partial charge >= 0.3 is 6.03 Å². The highest BCUT2D eigenvalue weighted by Gasteiger charge is 2.51. The lowest BCUT2D eigenvalue weighted by Gasteiger charge is -2.56. The molecule has 1 aromatic heterocycles. The molecule has 0 radical (unpaired) electrons. The van der Waals surface area contributed by atoms with E-state index in [1.165, 1.54) is 19.3 Å². The molecule has 1 aliphatic heterocycles. The first-order valence-corrected chi connectivity index (χ1v) is 15.7. The normalized spacial score (nSPS) is 31.7. The number of rotatable bonds is 7. The van der Waals surface area contributed by atoms with Crippen molar-refractivity contribution in [3.63, 3.8) is 0 Å². The second-order valence-electron chi connectivity index (χ2n) is 12.7. The number of amides is 2. The molecule has 1 saturated heterocycles. The first-order chi connectivity index (χ1) is 20.3. The Balaban J connectivity index is 1.08. The number of urea groups is 1. The van der Waals surface area contributed by atoms with Gasteiger partial charge in [0.2, 0.25) is 0 Å². The Kier molecular flexibility index (Phi) is 7.69. The predicted molar refractivity (Wildman–Crippen MR) is 160 cm³/mol. The van der Waals surface area contributed by atoms with Crippen LogP contribution in [0.4, 0.5) is 10.5 Å². The van der Waals surface area contributed by atoms with Gasteiger partial charge in [0, 0.05) is 23.2 Å². The van der Waals surface area contributed by atoms with Crippen molar-refractivity contribution in [1.82, 2.24) is 14.9 Å². The molecule has 3 aromatic rings. The second kappa shape index (κ2) is 11.5. The fourth-order valence-electron chi connectivity index (χ4n) is 8.15. The van der Waals surface area contributed by atoms with E-state index in [2.05, 4.69) is 15.6 Å². The maximum atomic E-state index is 13.2. The zero-order valence-electron chi connectivity index (χ0n) is 23.3. The van der Waals surface area contributed by atoms with E-state index >= 15 is 0 Å². The number of hydrogen-bond donors (Lipinski definition) is 3. The predicted octanol–water partition coefficient (Wildman–Crippen LogP) is 7.02. The van der Waals surface area contributed by atoms with Crippen LogP contribution in [0.15, 0.2) is 54.9 Å². The molecule has 10 heteroatoms. The van der Waals surface area contributed by atoms with Crippen LogP contribution in [-0.4, -0.2) is 32.3 Å².